The van der Waals surface area contributed by atoms with Crippen molar-refractivity contribution in [2.75, 3.05) is 18.4 Å². The number of anilines is 1. The number of rotatable bonds is 8. The first kappa shape index (κ1) is 25.8. The zero-order chi connectivity index (χ0) is 24.5. The van der Waals surface area contributed by atoms with Crippen LogP contribution in [0.2, 0.25) is 5.02 Å². The van der Waals surface area contributed by atoms with Crippen molar-refractivity contribution in [2.45, 2.75) is 58.5 Å². The second-order valence-electron chi connectivity index (χ2n) is 8.33. The van der Waals surface area contributed by atoms with Gasteiger partial charge in [-0.15, -0.1) is 0 Å². The molecule has 0 saturated carbocycles. The second kappa shape index (κ2) is 12.6. The van der Waals surface area contributed by atoms with Gasteiger partial charge in [0.1, 0.15) is 12.2 Å². The Kier molecular flexibility index (Phi) is 9.54. The van der Waals surface area contributed by atoms with Gasteiger partial charge in [0.25, 0.3) is 5.91 Å². The molecule has 0 radical (unpaired) electrons. The van der Waals surface area contributed by atoms with Crippen molar-refractivity contribution in [2.24, 2.45) is 0 Å². The number of nitrogens with zero attached hydrogens (tertiary/aromatic N) is 2. The number of nitrogens with one attached hydrogen (secondary N) is 2. The number of piperazine rings is 1. The lowest BCUT2D eigenvalue weighted by Crippen LogP contribution is -2.57. The van der Waals surface area contributed by atoms with Crippen LogP contribution in [0, 0.1) is 0 Å². The van der Waals surface area contributed by atoms with E-state index in [1.165, 1.54) is 0 Å². The monoisotopic (exact) mass is 482 g/mol. The van der Waals surface area contributed by atoms with E-state index >= 15 is 0 Å². The number of halogens is 1. The fourth-order valence-electron chi connectivity index (χ4n) is 4.28. The Morgan fingerprint density at radius 1 is 1.09 bits per heavy atom. The van der Waals surface area contributed by atoms with E-state index in [-0.39, 0.29) is 30.4 Å². The standard InChI is InChI=1S/C25H29ClN4O2.C2H6/c1-2-3-5-10-21-16-29(17-24(31)27-20-8-6-4-7-9-20)25(32)23-15-22(28-30(21)23)18-11-13-19(26)14-12-18;1-2/h4,6-9,11-15,21-22,28H,2-3,5,10,16-17H2,1H3,(H,27,31);1-2H3. The summed E-state index contributed by atoms with van der Waals surface area (Å²) < 4.78 is 0. The predicted molar refractivity (Wildman–Crippen MR) is 138 cm³/mol. The summed E-state index contributed by atoms with van der Waals surface area (Å²) in [5, 5.41) is 5.58. The minimum atomic E-state index is -0.189. The Morgan fingerprint density at radius 2 is 1.79 bits per heavy atom. The molecule has 182 valence electrons. The summed E-state index contributed by atoms with van der Waals surface area (Å²) in [7, 11) is 0. The number of para-hydroxylation sites is 1. The highest BCUT2D eigenvalue weighted by molar-refractivity contribution is 6.30. The molecule has 1 saturated heterocycles. The molecule has 0 aliphatic carbocycles. The maximum atomic E-state index is 13.3. The van der Waals surface area contributed by atoms with Gasteiger partial charge in [-0.05, 0) is 42.3 Å². The third-order valence-electron chi connectivity index (χ3n) is 5.93. The summed E-state index contributed by atoms with van der Waals surface area (Å²) in [4.78, 5) is 27.6. The lowest BCUT2D eigenvalue weighted by molar-refractivity contribution is -0.137. The number of hydrazine groups is 1. The van der Waals surface area contributed by atoms with E-state index in [1.807, 2.05) is 79.5 Å². The number of carbonyl (C=O) groups is 2. The summed E-state index contributed by atoms with van der Waals surface area (Å²) in [5.74, 6) is -0.310. The normalized spacial score (nSPS) is 19.2. The van der Waals surface area contributed by atoms with Crippen LogP contribution in [-0.4, -0.2) is 40.9 Å². The third-order valence-corrected chi connectivity index (χ3v) is 6.18. The maximum absolute atomic E-state index is 13.3. The van der Waals surface area contributed by atoms with E-state index < -0.39 is 0 Å². The van der Waals surface area contributed by atoms with Gasteiger partial charge in [-0.25, -0.2) is 5.43 Å². The lowest BCUT2D eigenvalue weighted by atomic mass is 10.0. The van der Waals surface area contributed by atoms with E-state index in [4.69, 9.17) is 11.6 Å². The number of carbonyl (C=O) groups excluding carboxylic acids is 2. The van der Waals surface area contributed by atoms with Crippen molar-refractivity contribution >= 4 is 29.1 Å². The Bertz CT molecular complexity index is 978. The molecule has 0 bridgehead atoms. The van der Waals surface area contributed by atoms with Crippen LogP contribution in [-0.2, 0) is 9.59 Å². The molecule has 7 heteroatoms. The highest BCUT2D eigenvalue weighted by atomic mass is 35.5. The van der Waals surface area contributed by atoms with Gasteiger partial charge in [-0.2, -0.15) is 0 Å². The first-order valence-electron chi connectivity index (χ1n) is 12.2. The summed E-state index contributed by atoms with van der Waals surface area (Å²) in [6, 6.07) is 17.0. The van der Waals surface area contributed by atoms with Gasteiger partial charge in [0.15, 0.2) is 0 Å². The molecule has 2 atom stereocenters. The maximum Gasteiger partial charge on any atom is 0.271 e. The molecule has 2 heterocycles. The topological polar surface area (TPSA) is 64.7 Å². The average Bonchev–Trinajstić information content (AvgIpc) is 3.30. The van der Waals surface area contributed by atoms with Gasteiger partial charge in [0, 0.05) is 17.3 Å². The van der Waals surface area contributed by atoms with Gasteiger partial charge in [0.2, 0.25) is 5.91 Å². The molecule has 0 aromatic heterocycles. The van der Waals surface area contributed by atoms with Crippen molar-refractivity contribution in [3.63, 3.8) is 0 Å². The van der Waals surface area contributed by atoms with Gasteiger partial charge in [-0.3, -0.25) is 14.6 Å². The van der Waals surface area contributed by atoms with Gasteiger partial charge < -0.3 is 10.2 Å². The fraction of sp³-hybridized carbons (Fsp3) is 0.407. The predicted octanol–water partition coefficient (Wildman–Crippen LogP) is 5.54. The molecule has 2 unspecified atom stereocenters. The summed E-state index contributed by atoms with van der Waals surface area (Å²) >= 11 is 6.04. The molecule has 1 fully saturated rings. The van der Waals surface area contributed by atoms with Crippen molar-refractivity contribution in [3.05, 3.63) is 77.0 Å². The largest absolute Gasteiger partial charge is 0.326 e. The smallest absolute Gasteiger partial charge is 0.271 e. The molecule has 0 spiro atoms. The van der Waals surface area contributed by atoms with E-state index in [0.717, 1.165) is 36.9 Å². The van der Waals surface area contributed by atoms with Crippen LogP contribution in [0.25, 0.3) is 0 Å². The Balaban J connectivity index is 0.00000158. The molecule has 2 N–H and O–H groups in total. The lowest BCUT2D eigenvalue weighted by Gasteiger charge is -2.41. The van der Waals surface area contributed by atoms with E-state index in [0.29, 0.717) is 17.3 Å². The van der Waals surface area contributed by atoms with E-state index in [9.17, 15) is 9.59 Å². The minimum Gasteiger partial charge on any atom is -0.326 e. The molecular weight excluding hydrogens is 448 g/mol. The molecule has 2 aliphatic rings. The molecular formula is C27H35ClN4O2. The van der Waals surface area contributed by atoms with Crippen LogP contribution < -0.4 is 10.7 Å². The first-order valence-corrected chi connectivity index (χ1v) is 12.6. The Morgan fingerprint density at radius 3 is 2.47 bits per heavy atom. The molecule has 4 rings (SSSR count). The highest BCUT2D eigenvalue weighted by Gasteiger charge is 2.41. The van der Waals surface area contributed by atoms with Gasteiger partial charge in [-0.1, -0.05) is 82.0 Å². The van der Waals surface area contributed by atoms with Gasteiger partial charge in [0.05, 0.1) is 12.1 Å². The molecule has 6 nitrogen and oxygen atoms in total. The molecule has 2 amide bonds. The van der Waals surface area contributed by atoms with Crippen LogP contribution >= 0.6 is 11.6 Å². The number of hydrogen-bond acceptors (Lipinski definition) is 4. The third kappa shape index (κ3) is 6.39. The first-order chi connectivity index (χ1) is 16.5. The van der Waals surface area contributed by atoms with Crippen molar-refractivity contribution in [3.8, 4) is 0 Å². The van der Waals surface area contributed by atoms with Crippen LogP contribution in [0.5, 0.6) is 0 Å². The molecule has 34 heavy (non-hydrogen) atoms. The molecule has 2 aromatic carbocycles. The zero-order valence-electron chi connectivity index (χ0n) is 20.3. The second-order valence-corrected chi connectivity index (χ2v) is 8.77. The van der Waals surface area contributed by atoms with Crippen LogP contribution in [0.15, 0.2) is 66.4 Å². The van der Waals surface area contributed by atoms with Crippen molar-refractivity contribution in [1.82, 2.24) is 15.3 Å². The summed E-state index contributed by atoms with van der Waals surface area (Å²) in [6.07, 6.45) is 6.27. The minimum absolute atomic E-state index is 0.0365. The highest BCUT2D eigenvalue weighted by Crippen LogP contribution is 2.32. The molecule has 2 aromatic rings. The number of unbranched alkanes of at least 4 members (excludes halogenated alkanes) is 2. The Hall–Kier alpha value is -2.83. The van der Waals surface area contributed by atoms with E-state index in [1.54, 1.807) is 4.90 Å². The number of benzene rings is 2. The Labute approximate surface area is 207 Å². The molecule has 2 aliphatic heterocycles. The fourth-order valence-corrected chi connectivity index (χ4v) is 4.40. The van der Waals surface area contributed by atoms with Crippen molar-refractivity contribution < 1.29 is 9.59 Å². The quantitative estimate of drug-likeness (QED) is 0.485. The SMILES string of the molecule is CC.CCCCCC1CN(CC(=O)Nc2ccccc2)C(=O)C2=CC(c3ccc(Cl)cc3)NN21. The van der Waals surface area contributed by atoms with Crippen LogP contribution in [0.1, 0.15) is 58.1 Å². The average molecular weight is 483 g/mol. The van der Waals surface area contributed by atoms with E-state index in [2.05, 4.69) is 17.7 Å². The zero-order valence-corrected chi connectivity index (χ0v) is 21.0. The van der Waals surface area contributed by atoms with Crippen molar-refractivity contribution in [1.29, 1.82) is 0 Å². The van der Waals surface area contributed by atoms with Crippen LogP contribution in [0.4, 0.5) is 5.69 Å². The summed E-state index contributed by atoms with van der Waals surface area (Å²) in [6.45, 7) is 6.73. The number of fused-ring (bicyclic) bond motifs is 1. The van der Waals surface area contributed by atoms with Crippen LogP contribution in [0.3, 0.4) is 0 Å². The number of hydrogen-bond donors (Lipinski definition) is 2. The summed E-state index contributed by atoms with van der Waals surface area (Å²) in [5.41, 5.74) is 5.89. The number of amides is 2. The van der Waals surface area contributed by atoms with Gasteiger partial charge >= 0.3 is 0 Å².